The van der Waals surface area contributed by atoms with E-state index in [1.54, 1.807) is 4.68 Å². The summed E-state index contributed by atoms with van der Waals surface area (Å²) in [6, 6.07) is 2.77. The van der Waals surface area contributed by atoms with Crippen LogP contribution in [-0.4, -0.2) is 9.78 Å². The van der Waals surface area contributed by atoms with E-state index in [0.29, 0.717) is 10.5 Å². The zero-order valence-corrected chi connectivity index (χ0v) is 8.77. The lowest BCUT2D eigenvalue weighted by Crippen LogP contribution is -1.95. The van der Waals surface area contributed by atoms with Gasteiger partial charge in [0.15, 0.2) is 0 Å². The van der Waals surface area contributed by atoms with E-state index in [9.17, 15) is 4.39 Å². The predicted octanol–water partition coefficient (Wildman–Crippen LogP) is 2.93. The van der Waals surface area contributed by atoms with Gasteiger partial charge < -0.3 is 0 Å². The lowest BCUT2D eigenvalue weighted by atomic mass is 10.2. The molecule has 1 heterocycles. The van der Waals surface area contributed by atoms with E-state index >= 15 is 0 Å². The van der Waals surface area contributed by atoms with Gasteiger partial charge in [-0.1, -0.05) is 18.5 Å². The molecule has 0 N–H and O–H groups in total. The Morgan fingerprint density at radius 1 is 1.50 bits per heavy atom. The fraction of sp³-hybridized carbons (Fsp3) is 0.300. The summed E-state index contributed by atoms with van der Waals surface area (Å²) in [5, 5.41) is 5.42. The van der Waals surface area contributed by atoms with Crippen LogP contribution in [0, 0.1) is 5.82 Å². The summed E-state index contributed by atoms with van der Waals surface area (Å²) in [5.41, 5.74) is 1.67. The number of halogens is 2. The summed E-state index contributed by atoms with van der Waals surface area (Å²) in [7, 11) is 1.84. The van der Waals surface area contributed by atoms with E-state index in [-0.39, 0.29) is 5.82 Å². The summed E-state index contributed by atoms with van der Waals surface area (Å²) >= 11 is 5.89. The maximum Gasteiger partial charge on any atom is 0.125 e. The molecular weight excluding hydrogens is 203 g/mol. The van der Waals surface area contributed by atoms with Crippen molar-refractivity contribution < 1.29 is 4.39 Å². The van der Waals surface area contributed by atoms with Crippen LogP contribution in [0.4, 0.5) is 4.39 Å². The summed E-state index contributed by atoms with van der Waals surface area (Å²) in [4.78, 5) is 0. The molecule has 0 amide bonds. The molecule has 14 heavy (non-hydrogen) atoms. The van der Waals surface area contributed by atoms with Gasteiger partial charge in [0.2, 0.25) is 0 Å². The molecule has 0 aliphatic carbocycles. The molecule has 0 aliphatic heterocycles. The number of nitrogens with zero attached hydrogens (tertiary/aromatic N) is 2. The smallest absolute Gasteiger partial charge is 0.125 e. The first-order chi connectivity index (χ1) is 6.63. The Morgan fingerprint density at radius 3 is 2.86 bits per heavy atom. The highest BCUT2D eigenvalue weighted by atomic mass is 35.5. The molecule has 2 aromatic rings. The van der Waals surface area contributed by atoms with Crippen LogP contribution in [-0.2, 0) is 13.5 Å². The molecule has 2 rings (SSSR count). The van der Waals surface area contributed by atoms with Crippen LogP contribution in [0.5, 0.6) is 0 Å². The number of hydrogen-bond acceptors (Lipinski definition) is 1. The fourth-order valence-electron chi connectivity index (χ4n) is 1.69. The Hall–Kier alpha value is -1.09. The van der Waals surface area contributed by atoms with Gasteiger partial charge in [-0.25, -0.2) is 4.39 Å². The van der Waals surface area contributed by atoms with Crippen LogP contribution in [0.1, 0.15) is 12.6 Å². The molecule has 4 heteroatoms. The van der Waals surface area contributed by atoms with Crippen molar-refractivity contribution in [3.63, 3.8) is 0 Å². The van der Waals surface area contributed by atoms with E-state index in [2.05, 4.69) is 5.10 Å². The van der Waals surface area contributed by atoms with Crippen molar-refractivity contribution in [1.82, 2.24) is 9.78 Å². The molecule has 0 spiro atoms. The van der Waals surface area contributed by atoms with Gasteiger partial charge in [-0.2, -0.15) is 5.10 Å². The molecule has 2 nitrogen and oxygen atoms in total. The van der Waals surface area contributed by atoms with E-state index < -0.39 is 0 Å². The van der Waals surface area contributed by atoms with E-state index in [4.69, 9.17) is 11.6 Å². The average Bonchev–Trinajstić information content (AvgIpc) is 2.41. The van der Waals surface area contributed by atoms with Gasteiger partial charge in [0.05, 0.1) is 5.02 Å². The van der Waals surface area contributed by atoms with Crippen LogP contribution in [0.2, 0.25) is 5.02 Å². The van der Waals surface area contributed by atoms with Crippen molar-refractivity contribution in [2.24, 2.45) is 7.05 Å². The Labute approximate surface area is 86.3 Å². The minimum atomic E-state index is -0.315. The predicted molar refractivity (Wildman–Crippen MR) is 55.1 cm³/mol. The number of aryl methyl sites for hydroxylation is 2. The Kier molecular flexibility index (Phi) is 2.19. The molecule has 0 saturated carbocycles. The average molecular weight is 213 g/mol. The zero-order valence-electron chi connectivity index (χ0n) is 8.01. The van der Waals surface area contributed by atoms with Crippen molar-refractivity contribution in [3.8, 4) is 0 Å². The number of hydrogen-bond donors (Lipinski definition) is 0. The molecule has 1 aromatic carbocycles. The molecule has 0 atom stereocenters. The standard InChI is InChI=1S/C10H10ClFN2/c1-3-9-7-4-6(12)5-8(11)10(7)13-14(9)2/h4-5H,3H2,1-2H3. The van der Waals surface area contributed by atoms with Crippen molar-refractivity contribution >= 4 is 22.5 Å². The van der Waals surface area contributed by atoms with Gasteiger partial charge in [0, 0.05) is 18.1 Å². The van der Waals surface area contributed by atoms with Crippen LogP contribution in [0.15, 0.2) is 12.1 Å². The molecule has 0 unspecified atom stereocenters. The highest BCUT2D eigenvalue weighted by molar-refractivity contribution is 6.35. The molecular formula is C10H10ClFN2. The van der Waals surface area contributed by atoms with E-state index in [0.717, 1.165) is 17.5 Å². The second kappa shape index (κ2) is 3.24. The van der Waals surface area contributed by atoms with Gasteiger partial charge in [-0.3, -0.25) is 4.68 Å². The molecule has 0 fully saturated rings. The van der Waals surface area contributed by atoms with Crippen molar-refractivity contribution in [2.75, 3.05) is 0 Å². The lowest BCUT2D eigenvalue weighted by Gasteiger charge is -1.97. The van der Waals surface area contributed by atoms with Crippen molar-refractivity contribution in [3.05, 3.63) is 28.7 Å². The SMILES string of the molecule is CCc1c2cc(F)cc(Cl)c2nn1C. The second-order valence-corrected chi connectivity index (χ2v) is 3.61. The van der Waals surface area contributed by atoms with Gasteiger partial charge >= 0.3 is 0 Å². The van der Waals surface area contributed by atoms with Crippen molar-refractivity contribution in [1.29, 1.82) is 0 Å². The molecule has 0 aliphatic rings. The normalized spacial score (nSPS) is 11.1. The topological polar surface area (TPSA) is 17.8 Å². The van der Waals surface area contributed by atoms with Crippen LogP contribution in [0.25, 0.3) is 10.9 Å². The van der Waals surface area contributed by atoms with Crippen LogP contribution >= 0.6 is 11.6 Å². The summed E-state index contributed by atoms with van der Waals surface area (Å²) in [6.07, 6.45) is 0.812. The molecule has 0 radical (unpaired) electrons. The van der Waals surface area contributed by atoms with Crippen LogP contribution in [0.3, 0.4) is 0 Å². The summed E-state index contributed by atoms with van der Waals surface area (Å²) < 4.78 is 14.8. The third-order valence-corrected chi connectivity index (χ3v) is 2.60. The molecule has 0 bridgehead atoms. The highest BCUT2D eigenvalue weighted by Gasteiger charge is 2.11. The van der Waals surface area contributed by atoms with Gasteiger partial charge in [0.25, 0.3) is 0 Å². The highest BCUT2D eigenvalue weighted by Crippen LogP contribution is 2.26. The molecule has 1 aromatic heterocycles. The minimum absolute atomic E-state index is 0.315. The summed E-state index contributed by atoms with van der Waals surface area (Å²) in [5.74, 6) is -0.315. The second-order valence-electron chi connectivity index (χ2n) is 3.21. The Bertz CT molecular complexity index is 490. The maximum absolute atomic E-state index is 13.1. The molecule has 0 saturated heterocycles. The monoisotopic (exact) mass is 212 g/mol. The van der Waals surface area contributed by atoms with E-state index in [1.165, 1.54) is 12.1 Å². The fourth-order valence-corrected chi connectivity index (χ4v) is 1.94. The minimum Gasteiger partial charge on any atom is -0.271 e. The third-order valence-electron chi connectivity index (χ3n) is 2.31. The lowest BCUT2D eigenvalue weighted by molar-refractivity contribution is 0.629. The zero-order chi connectivity index (χ0) is 10.3. The number of benzene rings is 1. The first kappa shape index (κ1) is 9.46. The van der Waals surface area contributed by atoms with Gasteiger partial charge in [0.1, 0.15) is 11.3 Å². The van der Waals surface area contributed by atoms with E-state index in [1.807, 2.05) is 14.0 Å². The largest absolute Gasteiger partial charge is 0.271 e. The first-order valence-corrected chi connectivity index (χ1v) is 4.82. The Morgan fingerprint density at radius 2 is 2.21 bits per heavy atom. The van der Waals surface area contributed by atoms with Crippen LogP contribution < -0.4 is 0 Å². The number of fused-ring (bicyclic) bond motifs is 1. The van der Waals surface area contributed by atoms with Gasteiger partial charge in [-0.15, -0.1) is 0 Å². The van der Waals surface area contributed by atoms with Crippen molar-refractivity contribution in [2.45, 2.75) is 13.3 Å². The molecule has 74 valence electrons. The van der Waals surface area contributed by atoms with Gasteiger partial charge in [-0.05, 0) is 18.6 Å². The Balaban J connectivity index is 2.87. The third kappa shape index (κ3) is 1.28. The maximum atomic E-state index is 13.1. The number of aromatic nitrogens is 2. The summed E-state index contributed by atoms with van der Waals surface area (Å²) in [6.45, 7) is 2.01. The quantitative estimate of drug-likeness (QED) is 0.711. The number of rotatable bonds is 1. The first-order valence-electron chi connectivity index (χ1n) is 4.44.